The maximum Gasteiger partial charge on any atom is 0.225 e. The Morgan fingerprint density at radius 3 is 2.75 bits per heavy atom. The van der Waals surface area contributed by atoms with Crippen LogP contribution in [0.2, 0.25) is 0 Å². The highest BCUT2D eigenvalue weighted by Crippen LogP contribution is 2.23. The highest BCUT2D eigenvalue weighted by atomic mass is 19.1. The second kappa shape index (κ2) is 8.19. The Bertz CT molecular complexity index is 609. The highest BCUT2D eigenvalue weighted by molar-refractivity contribution is 5.79. The molecule has 2 unspecified atom stereocenters. The molecule has 0 aromatic heterocycles. The summed E-state index contributed by atoms with van der Waals surface area (Å²) in [5, 5.41) is 5.74. The fourth-order valence-corrected chi connectivity index (χ4v) is 3.01. The summed E-state index contributed by atoms with van der Waals surface area (Å²) in [6, 6.07) is 2.57. The Labute approximate surface area is 140 Å². The molecule has 1 aliphatic heterocycles. The summed E-state index contributed by atoms with van der Waals surface area (Å²) in [7, 11) is 1.85. The lowest BCUT2D eigenvalue weighted by Gasteiger charge is -2.33. The van der Waals surface area contributed by atoms with E-state index in [0.29, 0.717) is 13.1 Å². The first-order valence-corrected chi connectivity index (χ1v) is 8.07. The maximum atomic E-state index is 14.0. The Morgan fingerprint density at radius 1 is 1.38 bits per heavy atom. The summed E-state index contributed by atoms with van der Waals surface area (Å²) in [4.78, 5) is 25.7. The van der Waals surface area contributed by atoms with Crippen molar-refractivity contribution in [1.82, 2.24) is 15.5 Å². The topological polar surface area (TPSA) is 61.4 Å². The molecule has 0 bridgehead atoms. The molecule has 1 heterocycles. The van der Waals surface area contributed by atoms with Crippen LogP contribution in [-0.2, 0) is 9.59 Å². The summed E-state index contributed by atoms with van der Waals surface area (Å²) in [6.07, 6.45) is 1.84. The van der Waals surface area contributed by atoms with E-state index < -0.39 is 17.7 Å². The van der Waals surface area contributed by atoms with Gasteiger partial charge in [0.1, 0.15) is 11.6 Å². The molecule has 5 nitrogen and oxygen atoms in total. The predicted octanol–water partition coefficient (Wildman–Crippen LogP) is 1.74. The smallest absolute Gasteiger partial charge is 0.225 e. The van der Waals surface area contributed by atoms with Crippen LogP contribution in [0.1, 0.15) is 37.8 Å². The van der Waals surface area contributed by atoms with Crippen molar-refractivity contribution in [3.05, 3.63) is 35.4 Å². The van der Waals surface area contributed by atoms with Crippen molar-refractivity contribution in [2.45, 2.75) is 38.3 Å². The lowest BCUT2D eigenvalue weighted by atomic mass is 10.00. The Kier molecular flexibility index (Phi) is 6.25. The standard InChI is InChI=1S/C17H23F2N3O2/c1-11(23)21-16(14-6-5-12(18)8-15(14)19)9-17(24)22-7-3-4-13(10-22)20-2/h5-6,8,13,16,20H,3-4,7,9-10H2,1-2H3,(H,21,23). The van der Waals surface area contributed by atoms with Gasteiger partial charge in [-0.2, -0.15) is 0 Å². The fraction of sp³-hybridized carbons (Fsp3) is 0.529. The van der Waals surface area contributed by atoms with Crippen molar-refractivity contribution in [1.29, 1.82) is 0 Å². The molecule has 1 fully saturated rings. The summed E-state index contributed by atoms with van der Waals surface area (Å²) in [5.41, 5.74) is 0.113. The van der Waals surface area contributed by atoms with E-state index in [1.165, 1.54) is 13.0 Å². The zero-order chi connectivity index (χ0) is 17.7. The van der Waals surface area contributed by atoms with Gasteiger partial charge < -0.3 is 15.5 Å². The van der Waals surface area contributed by atoms with Crippen LogP contribution in [-0.4, -0.2) is 42.9 Å². The van der Waals surface area contributed by atoms with Crippen LogP contribution in [0.5, 0.6) is 0 Å². The van der Waals surface area contributed by atoms with Crippen molar-refractivity contribution < 1.29 is 18.4 Å². The van der Waals surface area contributed by atoms with E-state index in [9.17, 15) is 18.4 Å². The molecule has 1 aliphatic rings. The first-order valence-electron chi connectivity index (χ1n) is 8.07. The number of halogens is 2. The lowest BCUT2D eigenvalue weighted by molar-refractivity contribution is -0.133. The minimum atomic E-state index is -0.814. The van der Waals surface area contributed by atoms with Gasteiger partial charge in [-0.05, 0) is 26.0 Å². The summed E-state index contributed by atoms with van der Waals surface area (Å²) in [5.74, 6) is -1.99. The molecule has 2 N–H and O–H groups in total. The van der Waals surface area contributed by atoms with E-state index in [-0.39, 0.29) is 29.8 Å². The van der Waals surface area contributed by atoms with Crippen molar-refractivity contribution in [2.24, 2.45) is 0 Å². The molecule has 2 rings (SSSR count). The predicted molar refractivity (Wildman–Crippen MR) is 86.2 cm³/mol. The van der Waals surface area contributed by atoms with E-state index in [1.54, 1.807) is 4.90 Å². The van der Waals surface area contributed by atoms with Gasteiger partial charge in [0.2, 0.25) is 11.8 Å². The highest BCUT2D eigenvalue weighted by Gasteiger charge is 2.27. The normalized spacial score (nSPS) is 19.0. The van der Waals surface area contributed by atoms with E-state index in [4.69, 9.17) is 0 Å². The first kappa shape index (κ1) is 18.3. The van der Waals surface area contributed by atoms with Gasteiger partial charge in [0, 0.05) is 37.7 Å². The number of nitrogens with one attached hydrogen (secondary N) is 2. The van der Waals surface area contributed by atoms with Gasteiger partial charge >= 0.3 is 0 Å². The third kappa shape index (κ3) is 4.74. The number of hydrogen-bond donors (Lipinski definition) is 2. The number of piperidine rings is 1. The summed E-state index contributed by atoms with van der Waals surface area (Å²) >= 11 is 0. The van der Waals surface area contributed by atoms with Crippen molar-refractivity contribution in [3.8, 4) is 0 Å². The minimum absolute atomic E-state index is 0.0570. The molecule has 2 atom stereocenters. The molecule has 1 saturated heterocycles. The quantitative estimate of drug-likeness (QED) is 0.859. The Hall–Kier alpha value is -2.02. The third-order valence-corrected chi connectivity index (χ3v) is 4.28. The second-order valence-electron chi connectivity index (χ2n) is 6.09. The van der Waals surface area contributed by atoms with Crippen LogP contribution >= 0.6 is 0 Å². The molecular weight excluding hydrogens is 316 g/mol. The minimum Gasteiger partial charge on any atom is -0.349 e. The lowest BCUT2D eigenvalue weighted by Crippen LogP contribution is -2.47. The number of benzene rings is 1. The number of carbonyl (C=O) groups is 2. The molecule has 0 aliphatic carbocycles. The zero-order valence-corrected chi connectivity index (χ0v) is 13.9. The van der Waals surface area contributed by atoms with E-state index in [0.717, 1.165) is 25.0 Å². The number of likely N-dealkylation sites (tertiary alicyclic amines) is 1. The fourth-order valence-electron chi connectivity index (χ4n) is 3.01. The van der Waals surface area contributed by atoms with Crippen LogP contribution in [0.4, 0.5) is 8.78 Å². The van der Waals surface area contributed by atoms with E-state index in [2.05, 4.69) is 10.6 Å². The molecule has 0 radical (unpaired) electrons. The van der Waals surface area contributed by atoms with Crippen molar-refractivity contribution >= 4 is 11.8 Å². The molecule has 1 aromatic rings. The maximum absolute atomic E-state index is 14.0. The average Bonchev–Trinajstić information content (AvgIpc) is 2.54. The van der Waals surface area contributed by atoms with Gasteiger partial charge in [-0.25, -0.2) is 8.78 Å². The average molecular weight is 339 g/mol. The molecule has 0 saturated carbocycles. The zero-order valence-electron chi connectivity index (χ0n) is 13.9. The monoisotopic (exact) mass is 339 g/mol. The van der Waals surface area contributed by atoms with Crippen molar-refractivity contribution in [2.75, 3.05) is 20.1 Å². The largest absolute Gasteiger partial charge is 0.349 e. The van der Waals surface area contributed by atoms with Gasteiger partial charge in [0.15, 0.2) is 0 Å². The number of rotatable bonds is 5. The van der Waals surface area contributed by atoms with Gasteiger partial charge in [-0.15, -0.1) is 0 Å². The van der Waals surface area contributed by atoms with Gasteiger partial charge in [0.25, 0.3) is 0 Å². The van der Waals surface area contributed by atoms with Gasteiger partial charge in [-0.3, -0.25) is 9.59 Å². The van der Waals surface area contributed by atoms with Gasteiger partial charge in [-0.1, -0.05) is 6.07 Å². The van der Waals surface area contributed by atoms with Crippen molar-refractivity contribution in [3.63, 3.8) is 0 Å². The number of amides is 2. The van der Waals surface area contributed by atoms with Crippen LogP contribution in [0.25, 0.3) is 0 Å². The molecule has 7 heteroatoms. The van der Waals surface area contributed by atoms with Crippen LogP contribution in [0.15, 0.2) is 18.2 Å². The number of carbonyl (C=O) groups excluding carboxylic acids is 2. The van der Waals surface area contributed by atoms with Crippen LogP contribution in [0, 0.1) is 11.6 Å². The summed E-state index contributed by atoms with van der Waals surface area (Å²) < 4.78 is 27.1. The summed E-state index contributed by atoms with van der Waals surface area (Å²) in [6.45, 7) is 2.54. The first-order chi connectivity index (χ1) is 11.4. The molecule has 1 aromatic carbocycles. The van der Waals surface area contributed by atoms with E-state index >= 15 is 0 Å². The van der Waals surface area contributed by atoms with Gasteiger partial charge in [0.05, 0.1) is 12.5 Å². The molecule has 2 amide bonds. The Morgan fingerprint density at radius 2 is 2.12 bits per heavy atom. The number of hydrogen-bond acceptors (Lipinski definition) is 3. The second-order valence-corrected chi connectivity index (χ2v) is 6.09. The van der Waals surface area contributed by atoms with Crippen LogP contribution < -0.4 is 10.6 Å². The number of nitrogens with zero attached hydrogens (tertiary/aromatic N) is 1. The molecule has 24 heavy (non-hydrogen) atoms. The van der Waals surface area contributed by atoms with E-state index in [1.807, 2.05) is 7.05 Å². The molecule has 0 spiro atoms. The SMILES string of the molecule is CNC1CCCN(C(=O)CC(NC(C)=O)c2ccc(F)cc2F)C1. The molecule has 132 valence electrons. The van der Waals surface area contributed by atoms with Crippen LogP contribution in [0.3, 0.4) is 0 Å². The Balaban J connectivity index is 2.13. The molecular formula is C17H23F2N3O2. The third-order valence-electron chi connectivity index (χ3n) is 4.28. The number of likely N-dealkylation sites (N-methyl/N-ethyl adjacent to an activating group) is 1.